The van der Waals surface area contributed by atoms with Gasteiger partial charge in [0.25, 0.3) is 5.91 Å². The number of carbonyl (C=O) groups excluding carboxylic acids is 1. The first kappa shape index (κ1) is 18.0. The van der Waals surface area contributed by atoms with E-state index in [1.54, 1.807) is 29.5 Å². The van der Waals surface area contributed by atoms with Gasteiger partial charge in [-0.2, -0.15) is 0 Å². The lowest BCUT2D eigenvalue weighted by molar-refractivity contribution is -0.675. The summed E-state index contributed by atoms with van der Waals surface area (Å²) in [5.41, 5.74) is 1.74. The van der Waals surface area contributed by atoms with E-state index in [1.807, 2.05) is 35.0 Å². The van der Waals surface area contributed by atoms with Crippen molar-refractivity contribution in [2.45, 2.75) is 6.04 Å². The highest BCUT2D eigenvalue weighted by Crippen LogP contribution is 2.25. The highest BCUT2D eigenvalue weighted by Gasteiger charge is 2.20. The van der Waals surface area contributed by atoms with Crippen LogP contribution in [0, 0.1) is 0 Å². The fourth-order valence-electron chi connectivity index (χ4n) is 2.56. The first-order valence-corrected chi connectivity index (χ1v) is 9.43. The van der Waals surface area contributed by atoms with Crippen molar-refractivity contribution >= 4 is 46.1 Å². The Morgan fingerprint density at radius 2 is 1.88 bits per heavy atom. The zero-order valence-corrected chi connectivity index (χ0v) is 15.6. The van der Waals surface area contributed by atoms with Crippen molar-refractivity contribution in [2.75, 3.05) is 11.9 Å². The third-order valence-corrected chi connectivity index (χ3v) is 5.26. The van der Waals surface area contributed by atoms with Gasteiger partial charge >= 0.3 is 0 Å². The number of quaternary nitrogens is 1. The Balaban J connectivity index is 1.68. The molecule has 0 aliphatic heterocycles. The van der Waals surface area contributed by atoms with Gasteiger partial charge in [-0.1, -0.05) is 59.6 Å². The Kier molecular flexibility index (Phi) is 6.10. The number of hydrogen-bond acceptors (Lipinski definition) is 2. The zero-order valence-electron chi connectivity index (χ0n) is 13.3. The summed E-state index contributed by atoms with van der Waals surface area (Å²) < 4.78 is 0. The van der Waals surface area contributed by atoms with Crippen LogP contribution in [0.1, 0.15) is 16.5 Å². The first-order chi connectivity index (χ1) is 12.1. The summed E-state index contributed by atoms with van der Waals surface area (Å²) in [7, 11) is 0. The van der Waals surface area contributed by atoms with Crippen molar-refractivity contribution in [3.8, 4) is 0 Å². The molecule has 3 aromatic rings. The third kappa shape index (κ3) is 4.83. The van der Waals surface area contributed by atoms with Gasteiger partial charge in [0.15, 0.2) is 6.54 Å². The van der Waals surface area contributed by atoms with Gasteiger partial charge in [0.2, 0.25) is 0 Å². The van der Waals surface area contributed by atoms with E-state index in [0.717, 1.165) is 0 Å². The molecule has 3 N–H and O–H groups in total. The number of benzene rings is 2. The van der Waals surface area contributed by atoms with E-state index < -0.39 is 0 Å². The van der Waals surface area contributed by atoms with Crippen LogP contribution in [-0.4, -0.2) is 12.5 Å². The van der Waals surface area contributed by atoms with Crippen molar-refractivity contribution in [2.24, 2.45) is 0 Å². The average Bonchev–Trinajstić information content (AvgIpc) is 3.13. The fraction of sp³-hybridized carbons (Fsp3) is 0.105. The second-order valence-electron chi connectivity index (χ2n) is 5.52. The molecule has 1 aromatic heterocycles. The molecule has 0 fully saturated rings. The molecule has 0 spiro atoms. The number of carbonyl (C=O) groups is 1. The highest BCUT2D eigenvalue weighted by atomic mass is 35.5. The van der Waals surface area contributed by atoms with Gasteiger partial charge in [-0.05, 0) is 29.6 Å². The topological polar surface area (TPSA) is 45.7 Å². The highest BCUT2D eigenvalue weighted by molar-refractivity contribution is 7.10. The first-order valence-electron chi connectivity index (χ1n) is 7.80. The minimum atomic E-state index is -0.110. The molecule has 0 unspecified atom stereocenters. The third-order valence-electron chi connectivity index (χ3n) is 3.75. The number of rotatable bonds is 6. The number of nitrogens with one attached hydrogen (secondary N) is 1. The molecule has 0 radical (unpaired) electrons. The van der Waals surface area contributed by atoms with Gasteiger partial charge in [-0.15, -0.1) is 11.3 Å². The Bertz CT molecular complexity index is 838. The summed E-state index contributed by atoms with van der Waals surface area (Å²) in [4.78, 5) is 13.5. The molecule has 0 saturated heterocycles. The summed E-state index contributed by atoms with van der Waals surface area (Å²) in [6.07, 6.45) is 0. The molecule has 0 aliphatic rings. The van der Waals surface area contributed by atoms with Crippen LogP contribution >= 0.6 is 34.5 Å². The molecule has 0 saturated carbocycles. The second kappa shape index (κ2) is 8.50. The van der Waals surface area contributed by atoms with Crippen LogP contribution in [0.3, 0.4) is 0 Å². The molecule has 0 aliphatic carbocycles. The number of thiophene rings is 1. The maximum Gasteiger partial charge on any atom is 0.279 e. The standard InChI is InChI=1S/C19H16Cl2N2OS/c20-14-8-9-16(15(21)11-14)23-18(24)12-22-19(17-7-4-10-25-17)13-5-2-1-3-6-13/h1-11,19,22H,12H2,(H,23,24)/p+1/t19-/m1/s1. The Morgan fingerprint density at radius 1 is 1.08 bits per heavy atom. The van der Waals surface area contributed by atoms with Crippen molar-refractivity contribution in [3.05, 3.63) is 86.5 Å². The summed E-state index contributed by atoms with van der Waals surface area (Å²) in [6, 6.07) is 19.4. The normalized spacial score (nSPS) is 11.9. The lowest BCUT2D eigenvalue weighted by Gasteiger charge is -2.15. The van der Waals surface area contributed by atoms with E-state index in [1.165, 1.54) is 10.4 Å². The fourth-order valence-corrected chi connectivity index (χ4v) is 3.87. The van der Waals surface area contributed by atoms with Crippen molar-refractivity contribution in [1.82, 2.24) is 0 Å². The molecular weight excluding hydrogens is 375 g/mol. The smallest absolute Gasteiger partial charge is 0.279 e. The number of nitrogens with two attached hydrogens (primary N) is 1. The van der Waals surface area contributed by atoms with Crippen molar-refractivity contribution < 1.29 is 10.1 Å². The largest absolute Gasteiger partial charge is 0.328 e. The lowest BCUT2D eigenvalue weighted by atomic mass is 10.1. The summed E-state index contributed by atoms with van der Waals surface area (Å²) in [5.74, 6) is -0.110. The molecule has 2 aromatic carbocycles. The van der Waals surface area contributed by atoms with E-state index in [0.29, 0.717) is 15.7 Å². The van der Waals surface area contributed by atoms with Crippen LogP contribution in [0.15, 0.2) is 66.0 Å². The van der Waals surface area contributed by atoms with Crippen LogP contribution in [0.5, 0.6) is 0 Å². The molecule has 128 valence electrons. The minimum absolute atomic E-state index is 0.0904. The molecule has 1 atom stereocenters. The van der Waals surface area contributed by atoms with Crippen LogP contribution in [0.4, 0.5) is 5.69 Å². The molecule has 0 bridgehead atoms. The number of amides is 1. The summed E-state index contributed by atoms with van der Waals surface area (Å²) >= 11 is 13.7. The molecule has 3 rings (SSSR count). The Labute approximate surface area is 160 Å². The Hall–Kier alpha value is -1.85. The van der Waals surface area contributed by atoms with Crippen molar-refractivity contribution in [3.63, 3.8) is 0 Å². The average molecular weight is 392 g/mol. The summed E-state index contributed by atoms with van der Waals surface area (Å²) in [6.45, 7) is 0.288. The van der Waals surface area contributed by atoms with Crippen LogP contribution < -0.4 is 10.6 Å². The zero-order chi connectivity index (χ0) is 17.6. The quantitative estimate of drug-likeness (QED) is 0.644. The van der Waals surface area contributed by atoms with E-state index >= 15 is 0 Å². The minimum Gasteiger partial charge on any atom is -0.328 e. The van der Waals surface area contributed by atoms with Crippen LogP contribution in [0.2, 0.25) is 10.0 Å². The molecule has 1 amide bonds. The van der Waals surface area contributed by atoms with E-state index in [4.69, 9.17) is 23.2 Å². The maximum absolute atomic E-state index is 12.3. The van der Waals surface area contributed by atoms with Gasteiger partial charge in [0.05, 0.1) is 15.6 Å². The molecular formula is C19H17Cl2N2OS+. The predicted octanol–water partition coefficient (Wildman–Crippen LogP) is 4.35. The number of anilines is 1. The lowest BCUT2D eigenvalue weighted by Crippen LogP contribution is -2.87. The monoisotopic (exact) mass is 391 g/mol. The van der Waals surface area contributed by atoms with Gasteiger partial charge in [-0.25, -0.2) is 0 Å². The summed E-state index contributed by atoms with van der Waals surface area (Å²) in [5, 5.41) is 7.88. The van der Waals surface area contributed by atoms with E-state index in [-0.39, 0.29) is 18.5 Å². The number of halogens is 2. The maximum atomic E-state index is 12.3. The second-order valence-corrected chi connectivity index (χ2v) is 7.34. The van der Waals surface area contributed by atoms with Gasteiger partial charge in [0.1, 0.15) is 6.04 Å². The number of hydrogen-bond donors (Lipinski definition) is 2. The predicted molar refractivity (Wildman–Crippen MR) is 104 cm³/mol. The van der Waals surface area contributed by atoms with Gasteiger partial charge in [-0.3, -0.25) is 4.79 Å². The van der Waals surface area contributed by atoms with Gasteiger partial charge < -0.3 is 10.6 Å². The van der Waals surface area contributed by atoms with Crippen LogP contribution in [0.25, 0.3) is 0 Å². The molecule has 6 heteroatoms. The molecule has 3 nitrogen and oxygen atoms in total. The SMILES string of the molecule is O=C(C[NH2+][C@H](c1ccccc1)c1cccs1)Nc1ccc(Cl)cc1Cl. The van der Waals surface area contributed by atoms with E-state index in [2.05, 4.69) is 23.5 Å². The van der Waals surface area contributed by atoms with Crippen molar-refractivity contribution in [1.29, 1.82) is 0 Å². The molecule has 25 heavy (non-hydrogen) atoms. The molecule has 1 heterocycles. The Morgan fingerprint density at radius 3 is 2.56 bits per heavy atom. The van der Waals surface area contributed by atoms with Gasteiger partial charge in [0, 0.05) is 10.6 Å². The van der Waals surface area contributed by atoms with Crippen LogP contribution in [-0.2, 0) is 4.79 Å². The van der Waals surface area contributed by atoms with E-state index in [9.17, 15) is 4.79 Å².